The molecule has 1 aliphatic heterocycles. The van der Waals surface area contributed by atoms with Crippen molar-refractivity contribution in [1.82, 2.24) is 4.90 Å². The minimum Gasteiger partial charge on any atom is -0.324 e. The number of likely N-dealkylation sites (tertiary alicyclic amines) is 1. The highest BCUT2D eigenvalue weighted by Gasteiger charge is 2.32. The third kappa shape index (κ3) is 2.58. The van der Waals surface area contributed by atoms with Gasteiger partial charge in [-0.05, 0) is 18.4 Å². The third-order valence-electron chi connectivity index (χ3n) is 3.42. The molecule has 82 valence electrons. The van der Waals surface area contributed by atoms with Crippen LogP contribution in [0.3, 0.4) is 0 Å². The van der Waals surface area contributed by atoms with Crippen molar-refractivity contribution in [2.24, 2.45) is 5.73 Å². The van der Waals surface area contributed by atoms with E-state index in [0.717, 1.165) is 32.5 Å². The largest absolute Gasteiger partial charge is 0.324 e. The number of hydrogen-bond acceptors (Lipinski definition) is 2. The molecule has 1 atom stereocenters. The van der Waals surface area contributed by atoms with Gasteiger partial charge in [0.2, 0.25) is 0 Å². The Morgan fingerprint density at radius 1 is 1.33 bits per heavy atom. The van der Waals surface area contributed by atoms with Gasteiger partial charge in [0.25, 0.3) is 0 Å². The predicted octanol–water partition coefficient (Wildman–Crippen LogP) is 2.00. The summed E-state index contributed by atoms with van der Waals surface area (Å²) < 4.78 is 0. The average Bonchev–Trinajstić information content (AvgIpc) is 2.63. The standard InChI is InChI=1S/C13H20N2/c1-2-13(14)8-9-15(11-13)10-12-6-4-3-5-7-12/h3-7H,2,8-11,14H2,1H3/t13-/m0/s1. The summed E-state index contributed by atoms with van der Waals surface area (Å²) in [6, 6.07) is 10.6. The SMILES string of the molecule is CC[C@]1(N)CCN(Cc2ccccc2)C1. The molecule has 0 spiro atoms. The quantitative estimate of drug-likeness (QED) is 0.816. The van der Waals surface area contributed by atoms with Crippen molar-refractivity contribution in [3.63, 3.8) is 0 Å². The second kappa shape index (κ2) is 4.33. The molecule has 1 aromatic rings. The van der Waals surface area contributed by atoms with E-state index in [2.05, 4.69) is 42.2 Å². The zero-order valence-corrected chi connectivity index (χ0v) is 9.45. The van der Waals surface area contributed by atoms with Crippen LogP contribution in [0.1, 0.15) is 25.3 Å². The Kier molecular flexibility index (Phi) is 3.08. The zero-order valence-electron chi connectivity index (χ0n) is 9.45. The van der Waals surface area contributed by atoms with Gasteiger partial charge in [0, 0.05) is 25.2 Å². The highest BCUT2D eigenvalue weighted by Crippen LogP contribution is 2.23. The molecule has 1 aromatic carbocycles. The van der Waals surface area contributed by atoms with Crippen molar-refractivity contribution in [1.29, 1.82) is 0 Å². The molecule has 0 bridgehead atoms. The average molecular weight is 204 g/mol. The Morgan fingerprint density at radius 3 is 2.67 bits per heavy atom. The fraction of sp³-hybridized carbons (Fsp3) is 0.538. The molecule has 1 aliphatic rings. The lowest BCUT2D eigenvalue weighted by Gasteiger charge is -2.22. The highest BCUT2D eigenvalue weighted by atomic mass is 15.2. The van der Waals surface area contributed by atoms with E-state index in [0.29, 0.717) is 0 Å². The van der Waals surface area contributed by atoms with E-state index >= 15 is 0 Å². The first-order valence-corrected chi connectivity index (χ1v) is 5.77. The summed E-state index contributed by atoms with van der Waals surface area (Å²) in [4.78, 5) is 2.46. The van der Waals surface area contributed by atoms with Crippen LogP contribution in [0.15, 0.2) is 30.3 Å². The van der Waals surface area contributed by atoms with E-state index in [1.165, 1.54) is 5.56 Å². The lowest BCUT2D eigenvalue weighted by atomic mass is 9.97. The van der Waals surface area contributed by atoms with Crippen LogP contribution in [0.2, 0.25) is 0 Å². The monoisotopic (exact) mass is 204 g/mol. The Labute approximate surface area is 92.1 Å². The highest BCUT2D eigenvalue weighted by molar-refractivity contribution is 5.15. The first kappa shape index (κ1) is 10.7. The van der Waals surface area contributed by atoms with Crippen LogP contribution in [-0.2, 0) is 6.54 Å². The molecular weight excluding hydrogens is 184 g/mol. The first-order valence-electron chi connectivity index (χ1n) is 5.77. The van der Waals surface area contributed by atoms with Gasteiger partial charge in [0.15, 0.2) is 0 Å². The molecule has 1 fully saturated rings. The maximum Gasteiger partial charge on any atom is 0.0293 e. The topological polar surface area (TPSA) is 29.3 Å². The number of benzene rings is 1. The molecule has 2 heteroatoms. The minimum absolute atomic E-state index is 0.0643. The Bertz CT molecular complexity index is 310. The molecular formula is C13H20N2. The van der Waals surface area contributed by atoms with Gasteiger partial charge in [-0.25, -0.2) is 0 Å². The zero-order chi connectivity index (χ0) is 10.7. The number of hydrogen-bond donors (Lipinski definition) is 1. The molecule has 0 radical (unpaired) electrons. The van der Waals surface area contributed by atoms with Crippen molar-refractivity contribution >= 4 is 0 Å². The molecule has 0 amide bonds. The van der Waals surface area contributed by atoms with E-state index in [1.54, 1.807) is 0 Å². The maximum atomic E-state index is 6.26. The number of nitrogens with two attached hydrogens (primary N) is 1. The summed E-state index contributed by atoms with van der Waals surface area (Å²) in [5.74, 6) is 0. The van der Waals surface area contributed by atoms with Crippen molar-refractivity contribution < 1.29 is 0 Å². The molecule has 1 heterocycles. The fourth-order valence-electron chi connectivity index (χ4n) is 2.25. The van der Waals surface area contributed by atoms with Crippen LogP contribution in [-0.4, -0.2) is 23.5 Å². The normalized spacial score (nSPS) is 27.1. The fourth-order valence-corrected chi connectivity index (χ4v) is 2.25. The van der Waals surface area contributed by atoms with Crippen LogP contribution < -0.4 is 5.73 Å². The van der Waals surface area contributed by atoms with Crippen LogP contribution in [0, 0.1) is 0 Å². The number of nitrogens with zero attached hydrogens (tertiary/aromatic N) is 1. The molecule has 0 aromatic heterocycles. The van der Waals surface area contributed by atoms with Gasteiger partial charge < -0.3 is 5.73 Å². The molecule has 0 saturated carbocycles. The van der Waals surface area contributed by atoms with Gasteiger partial charge in [0.1, 0.15) is 0 Å². The van der Waals surface area contributed by atoms with Gasteiger partial charge in [-0.15, -0.1) is 0 Å². The second-order valence-electron chi connectivity index (χ2n) is 4.66. The van der Waals surface area contributed by atoms with E-state index < -0.39 is 0 Å². The summed E-state index contributed by atoms with van der Waals surface area (Å²) >= 11 is 0. The predicted molar refractivity (Wildman–Crippen MR) is 63.5 cm³/mol. The van der Waals surface area contributed by atoms with Gasteiger partial charge >= 0.3 is 0 Å². The van der Waals surface area contributed by atoms with Crippen molar-refractivity contribution in [2.75, 3.05) is 13.1 Å². The molecule has 2 rings (SSSR count). The Morgan fingerprint density at radius 2 is 2.07 bits per heavy atom. The van der Waals surface area contributed by atoms with Crippen molar-refractivity contribution in [3.05, 3.63) is 35.9 Å². The van der Waals surface area contributed by atoms with E-state index in [4.69, 9.17) is 5.73 Å². The van der Waals surface area contributed by atoms with Crippen LogP contribution >= 0.6 is 0 Å². The second-order valence-corrected chi connectivity index (χ2v) is 4.66. The summed E-state index contributed by atoms with van der Waals surface area (Å²) in [7, 11) is 0. The lowest BCUT2D eigenvalue weighted by molar-refractivity contribution is 0.300. The Hall–Kier alpha value is -0.860. The van der Waals surface area contributed by atoms with Gasteiger partial charge in [0.05, 0.1) is 0 Å². The van der Waals surface area contributed by atoms with Crippen LogP contribution in [0.5, 0.6) is 0 Å². The maximum absolute atomic E-state index is 6.26. The molecule has 2 nitrogen and oxygen atoms in total. The van der Waals surface area contributed by atoms with E-state index in [-0.39, 0.29) is 5.54 Å². The first-order chi connectivity index (χ1) is 7.22. The summed E-state index contributed by atoms with van der Waals surface area (Å²) in [6.45, 7) is 5.41. The smallest absolute Gasteiger partial charge is 0.0293 e. The van der Waals surface area contributed by atoms with E-state index in [1.807, 2.05) is 0 Å². The molecule has 2 N–H and O–H groups in total. The van der Waals surface area contributed by atoms with Gasteiger partial charge in [-0.2, -0.15) is 0 Å². The minimum atomic E-state index is 0.0643. The molecule has 0 unspecified atom stereocenters. The summed E-state index contributed by atoms with van der Waals surface area (Å²) in [5.41, 5.74) is 7.71. The summed E-state index contributed by atoms with van der Waals surface area (Å²) in [5, 5.41) is 0. The third-order valence-corrected chi connectivity index (χ3v) is 3.42. The van der Waals surface area contributed by atoms with Crippen LogP contribution in [0.4, 0.5) is 0 Å². The van der Waals surface area contributed by atoms with Crippen molar-refractivity contribution in [2.45, 2.75) is 31.8 Å². The van der Waals surface area contributed by atoms with Gasteiger partial charge in [-0.3, -0.25) is 4.90 Å². The summed E-state index contributed by atoms with van der Waals surface area (Å²) in [6.07, 6.45) is 2.22. The van der Waals surface area contributed by atoms with Crippen molar-refractivity contribution in [3.8, 4) is 0 Å². The lowest BCUT2D eigenvalue weighted by Crippen LogP contribution is -2.41. The van der Waals surface area contributed by atoms with Gasteiger partial charge in [-0.1, -0.05) is 37.3 Å². The molecule has 15 heavy (non-hydrogen) atoms. The van der Waals surface area contributed by atoms with Crippen LogP contribution in [0.25, 0.3) is 0 Å². The Balaban J connectivity index is 1.93. The number of rotatable bonds is 3. The molecule has 0 aliphatic carbocycles. The molecule has 1 saturated heterocycles. The van der Waals surface area contributed by atoms with E-state index in [9.17, 15) is 0 Å².